The Morgan fingerprint density at radius 1 is 1.35 bits per heavy atom. The summed E-state index contributed by atoms with van der Waals surface area (Å²) in [4.78, 5) is 0. The molecule has 0 aliphatic carbocycles. The van der Waals surface area contributed by atoms with Gasteiger partial charge in [-0.1, -0.05) is 17.7 Å². The van der Waals surface area contributed by atoms with Crippen molar-refractivity contribution >= 4 is 33.2 Å². The van der Waals surface area contributed by atoms with Crippen molar-refractivity contribution in [3.8, 4) is 11.8 Å². The Hall–Kier alpha value is -1.77. The SMILES string of the molecule is N#Cc1ccc(COc2c(N)cc(Cl)cc2Br)c(F)c1. The third-order valence-electron chi connectivity index (χ3n) is 2.59. The van der Waals surface area contributed by atoms with E-state index in [2.05, 4.69) is 15.9 Å². The first-order chi connectivity index (χ1) is 9.51. The zero-order valence-electron chi connectivity index (χ0n) is 10.2. The molecule has 102 valence electrons. The highest BCUT2D eigenvalue weighted by atomic mass is 79.9. The maximum atomic E-state index is 13.7. The van der Waals surface area contributed by atoms with Crippen molar-refractivity contribution in [2.75, 3.05) is 5.73 Å². The molecule has 2 N–H and O–H groups in total. The molecule has 6 heteroatoms. The van der Waals surface area contributed by atoms with Crippen LogP contribution in [-0.2, 0) is 6.61 Å². The summed E-state index contributed by atoms with van der Waals surface area (Å²) < 4.78 is 19.8. The molecular formula is C14H9BrClFN2O. The highest BCUT2D eigenvalue weighted by Crippen LogP contribution is 2.35. The van der Waals surface area contributed by atoms with Gasteiger partial charge in [-0.25, -0.2) is 4.39 Å². The van der Waals surface area contributed by atoms with Gasteiger partial charge in [0.15, 0.2) is 5.75 Å². The number of hydrogen-bond donors (Lipinski definition) is 1. The fourth-order valence-corrected chi connectivity index (χ4v) is 2.56. The highest BCUT2D eigenvalue weighted by Gasteiger charge is 2.10. The molecule has 0 saturated heterocycles. The van der Waals surface area contributed by atoms with E-state index in [0.29, 0.717) is 26.5 Å². The number of ether oxygens (including phenoxy) is 1. The minimum Gasteiger partial charge on any atom is -0.485 e. The highest BCUT2D eigenvalue weighted by molar-refractivity contribution is 9.10. The fourth-order valence-electron chi connectivity index (χ4n) is 1.62. The number of nitrogen functional groups attached to an aromatic ring is 1. The van der Waals surface area contributed by atoms with E-state index in [1.54, 1.807) is 12.1 Å². The van der Waals surface area contributed by atoms with Crippen molar-refractivity contribution in [1.29, 1.82) is 5.26 Å². The van der Waals surface area contributed by atoms with Crippen molar-refractivity contribution in [3.63, 3.8) is 0 Å². The summed E-state index contributed by atoms with van der Waals surface area (Å²) in [5, 5.41) is 9.15. The zero-order chi connectivity index (χ0) is 14.7. The quantitative estimate of drug-likeness (QED) is 0.836. The van der Waals surface area contributed by atoms with Gasteiger partial charge in [-0.2, -0.15) is 5.26 Å². The van der Waals surface area contributed by atoms with Crippen LogP contribution in [-0.4, -0.2) is 0 Å². The van der Waals surface area contributed by atoms with Crippen LogP contribution in [0.5, 0.6) is 5.75 Å². The van der Waals surface area contributed by atoms with Crippen LogP contribution in [0.25, 0.3) is 0 Å². The third-order valence-corrected chi connectivity index (χ3v) is 3.40. The number of benzene rings is 2. The molecule has 0 aromatic heterocycles. The van der Waals surface area contributed by atoms with Crippen LogP contribution in [0.3, 0.4) is 0 Å². The van der Waals surface area contributed by atoms with Crippen LogP contribution in [0, 0.1) is 17.1 Å². The third kappa shape index (κ3) is 3.21. The van der Waals surface area contributed by atoms with Gasteiger partial charge in [-0.05, 0) is 40.2 Å². The Bertz CT molecular complexity index is 677. The van der Waals surface area contributed by atoms with Gasteiger partial charge in [-0.15, -0.1) is 0 Å². The molecule has 0 amide bonds. The molecule has 0 aliphatic heterocycles. The second-order valence-electron chi connectivity index (χ2n) is 4.01. The largest absolute Gasteiger partial charge is 0.485 e. The number of nitrogens with two attached hydrogens (primary N) is 1. The summed E-state index contributed by atoms with van der Waals surface area (Å²) in [6.07, 6.45) is 0. The molecule has 0 atom stereocenters. The lowest BCUT2D eigenvalue weighted by molar-refractivity contribution is 0.299. The monoisotopic (exact) mass is 354 g/mol. The van der Waals surface area contributed by atoms with E-state index in [1.165, 1.54) is 18.2 Å². The Balaban J connectivity index is 2.20. The average Bonchev–Trinajstić information content (AvgIpc) is 2.39. The summed E-state index contributed by atoms with van der Waals surface area (Å²) in [6.45, 7) is 0.00196. The number of rotatable bonds is 3. The second kappa shape index (κ2) is 6.12. The molecule has 0 heterocycles. The smallest absolute Gasteiger partial charge is 0.156 e. The molecule has 0 spiro atoms. The van der Waals surface area contributed by atoms with E-state index >= 15 is 0 Å². The van der Waals surface area contributed by atoms with Crippen LogP contribution >= 0.6 is 27.5 Å². The van der Waals surface area contributed by atoms with E-state index in [9.17, 15) is 4.39 Å². The molecule has 0 bridgehead atoms. The summed E-state index contributed by atoms with van der Waals surface area (Å²) in [5.41, 5.74) is 6.75. The fraction of sp³-hybridized carbons (Fsp3) is 0.0714. The minimum absolute atomic E-state index is 0.00196. The lowest BCUT2D eigenvalue weighted by Gasteiger charge is -2.12. The van der Waals surface area contributed by atoms with Gasteiger partial charge in [0.1, 0.15) is 12.4 Å². The number of anilines is 1. The topological polar surface area (TPSA) is 59.0 Å². The summed E-state index contributed by atoms with van der Waals surface area (Å²) >= 11 is 9.13. The molecule has 0 radical (unpaired) electrons. The van der Waals surface area contributed by atoms with Crippen LogP contribution in [0.15, 0.2) is 34.8 Å². The predicted molar refractivity (Wildman–Crippen MR) is 79.0 cm³/mol. The van der Waals surface area contributed by atoms with Gasteiger partial charge in [-0.3, -0.25) is 0 Å². The predicted octanol–water partition coefficient (Wildman–Crippen LogP) is 4.27. The van der Waals surface area contributed by atoms with Crippen molar-refractivity contribution in [3.05, 3.63) is 56.8 Å². The van der Waals surface area contributed by atoms with Crippen LogP contribution in [0.2, 0.25) is 5.02 Å². The van der Waals surface area contributed by atoms with Crippen molar-refractivity contribution in [2.45, 2.75) is 6.61 Å². The number of nitriles is 1. The van der Waals surface area contributed by atoms with Gasteiger partial charge in [0.05, 0.1) is 21.8 Å². The molecule has 2 aromatic carbocycles. The van der Waals surface area contributed by atoms with Crippen molar-refractivity contribution in [1.82, 2.24) is 0 Å². The maximum absolute atomic E-state index is 13.7. The van der Waals surface area contributed by atoms with Gasteiger partial charge < -0.3 is 10.5 Å². The molecule has 0 fully saturated rings. The van der Waals surface area contributed by atoms with Crippen molar-refractivity contribution < 1.29 is 9.13 Å². The number of halogens is 3. The lowest BCUT2D eigenvalue weighted by atomic mass is 10.1. The molecule has 20 heavy (non-hydrogen) atoms. The average molecular weight is 356 g/mol. The first-order valence-corrected chi connectivity index (χ1v) is 6.74. The van der Waals surface area contributed by atoms with Crippen LogP contribution in [0.4, 0.5) is 10.1 Å². The van der Waals surface area contributed by atoms with Crippen LogP contribution in [0.1, 0.15) is 11.1 Å². The number of nitrogens with zero attached hydrogens (tertiary/aromatic N) is 1. The van der Waals surface area contributed by atoms with Gasteiger partial charge in [0.2, 0.25) is 0 Å². The standard InChI is InChI=1S/C14H9BrClFN2O/c15-11-4-10(16)5-13(19)14(11)20-7-9-2-1-8(6-18)3-12(9)17/h1-5H,7,19H2. The molecule has 2 rings (SSSR count). The number of hydrogen-bond acceptors (Lipinski definition) is 3. The van der Waals surface area contributed by atoms with E-state index in [-0.39, 0.29) is 12.2 Å². The lowest BCUT2D eigenvalue weighted by Crippen LogP contribution is -2.02. The Morgan fingerprint density at radius 3 is 2.70 bits per heavy atom. The molecule has 0 saturated carbocycles. The van der Waals surface area contributed by atoms with Gasteiger partial charge >= 0.3 is 0 Å². The maximum Gasteiger partial charge on any atom is 0.156 e. The Morgan fingerprint density at radius 2 is 2.10 bits per heavy atom. The Kier molecular flexibility index (Phi) is 4.48. The van der Waals surface area contributed by atoms with Crippen molar-refractivity contribution in [2.24, 2.45) is 0 Å². The summed E-state index contributed by atoms with van der Waals surface area (Å²) in [6, 6.07) is 9.27. The summed E-state index contributed by atoms with van der Waals surface area (Å²) in [7, 11) is 0. The summed E-state index contributed by atoms with van der Waals surface area (Å²) in [5.74, 6) is -0.0918. The van der Waals surface area contributed by atoms with E-state index in [0.717, 1.165) is 0 Å². The zero-order valence-corrected chi connectivity index (χ0v) is 12.5. The minimum atomic E-state index is -0.493. The second-order valence-corrected chi connectivity index (χ2v) is 5.30. The van der Waals surface area contributed by atoms with Gasteiger partial charge in [0, 0.05) is 10.6 Å². The normalized spacial score (nSPS) is 10.1. The first kappa shape index (κ1) is 14.6. The molecular weight excluding hydrogens is 347 g/mol. The molecule has 0 aliphatic rings. The molecule has 2 aromatic rings. The van der Waals surface area contributed by atoms with E-state index < -0.39 is 5.82 Å². The van der Waals surface area contributed by atoms with E-state index in [1.807, 2.05) is 6.07 Å². The van der Waals surface area contributed by atoms with Crippen LogP contribution < -0.4 is 10.5 Å². The Labute approximate surface area is 128 Å². The van der Waals surface area contributed by atoms with E-state index in [4.69, 9.17) is 27.3 Å². The first-order valence-electron chi connectivity index (χ1n) is 5.57. The van der Waals surface area contributed by atoms with Gasteiger partial charge in [0.25, 0.3) is 0 Å². The molecule has 0 unspecified atom stereocenters. The molecule has 3 nitrogen and oxygen atoms in total.